The maximum Gasteiger partial charge on any atom is 0.153 e. The quantitative estimate of drug-likeness (QED) is 0.431. The Bertz CT molecular complexity index is 1190. The van der Waals surface area contributed by atoms with E-state index in [1.807, 2.05) is 54.6 Å². The second kappa shape index (κ2) is 7.13. The SMILES string of the molecule is COc1ccccc1N1CCc2c(C)nc3c(Oc4ccccc4)cccc3c21. The lowest BCUT2D eigenvalue weighted by Crippen LogP contribution is -2.14. The smallest absolute Gasteiger partial charge is 0.153 e. The lowest BCUT2D eigenvalue weighted by atomic mass is 10.1. The summed E-state index contributed by atoms with van der Waals surface area (Å²) in [6.45, 7) is 2.99. The van der Waals surface area contributed by atoms with Crippen molar-refractivity contribution in [1.29, 1.82) is 0 Å². The Balaban J connectivity index is 1.69. The minimum absolute atomic E-state index is 0.770. The molecule has 0 aliphatic carbocycles. The Morgan fingerprint density at radius 1 is 0.862 bits per heavy atom. The topological polar surface area (TPSA) is 34.6 Å². The number of hydrogen-bond acceptors (Lipinski definition) is 4. The molecule has 0 N–H and O–H groups in total. The molecule has 1 aliphatic rings. The summed E-state index contributed by atoms with van der Waals surface area (Å²) in [4.78, 5) is 7.28. The first-order valence-corrected chi connectivity index (χ1v) is 9.82. The van der Waals surface area contributed by atoms with Gasteiger partial charge >= 0.3 is 0 Å². The summed E-state index contributed by atoms with van der Waals surface area (Å²) in [7, 11) is 1.72. The second-order valence-corrected chi connectivity index (χ2v) is 7.17. The van der Waals surface area contributed by atoms with Crippen LogP contribution >= 0.6 is 0 Å². The lowest BCUT2D eigenvalue weighted by Gasteiger charge is -2.24. The number of pyridine rings is 1. The van der Waals surface area contributed by atoms with Gasteiger partial charge in [0.25, 0.3) is 0 Å². The summed E-state index contributed by atoms with van der Waals surface area (Å²) in [6, 6.07) is 24.2. The van der Waals surface area contributed by atoms with E-state index in [4.69, 9.17) is 14.5 Å². The van der Waals surface area contributed by atoms with Gasteiger partial charge in [0.05, 0.1) is 18.5 Å². The molecule has 0 saturated heterocycles. The van der Waals surface area contributed by atoms with E-state index < -0.39 is 0 Å². The highest BCUT2D eigenvalue weighted by molar-refractivity contribution is 6.00. The highest BCUT2D eigenvalue weighted by Gasteiger charge is 2.28. The van der Waals surface area contributed by atoms with Crippen LogP contribution in [0, 0.1) is 6.92 Å². The Kier molecular flexibility index (Phi) is 4.32. The van der Waals surface area contributed by atoms with Gasteiger partial charge in [0, 0.05) is 17.6 Å². The minimum Gasteiger partial charge on any atom is -0.495 e. The molecule has 4 heteroatoms. The number of ether oxygens (including phenoxy) is 2. The first-order chi connectivity index (χ1) is 14.3. The van der Waals surface area contributed by atoms with Crippen molar-refractivity contribution >= 4 is 22.3 Å². The Morgan fingerprint density at radius 2 is 1.62 bits per heavy atom. The molecule has 0 spiro atoms. The number of hydrogen-bond donors (Lipinski definition) is 0. The van der Waals surface area contributed by atoms with Crippen LogP contribution in [-0.4, -0.2) is 18.6 Å². The average Bonchev–Trinajstić information content (AvgIpc) is 3.21. The van der Waals surface area contributed by atoms with E-state index >= 15 is 0 Å². The largest absolute Gasteiger partial charge is 0.495 e. The van der Waals surface area contributed by atoms with Crippen molar-refractivity contribution in [3.8, 4) is 17.2 Å². The zero-order valence-electron chi connectivity index (χ0n) is 16.6. The molecule has 29 heavy (non-hydrogen) atoms. The van der Waals surface area contributed by atoms with Crippen LogP contribution in [-0.2, 0) is 6.42 Å². The first-order valence-electron chi connectivity index (χ1n) is 9.82. The number of aromatic nitrogens is 1. The molecule has 1 aromatic heterocycles. The first kappa shape index (κ1) is 17.6. The third kappa shape index (κ3) is 2.97. The fraction of sp³-hybridized carbons (Fsp3) is 0.160. The fourth-order valence-electron chi connectivity index (χ4n) is 4.13. The molecule has 0 unspecified atom stereocenters. The van der Waals surface area contributed by atoms with E-state index in [0.717, 1.165) is 52.5 Å². The Morgan fingerprint density at radius 3 is 2.45 bits per heavy atom. The van der Waals surface area contributed by atoms with Crippen LogP contribution in [0.25, 0.3) is 10.9 Å². The van der Waals surface area contributed by atoms with Crippen LogP contribution in [0.3, 0.4) is 0 Å². The van der Waals surface area contributed by atoms with Gasteiger partial charge in [-0.25, -0.2) is 4.98 Å². The van der Waals surface area contributed by atoms with Gasteiger partial charge in [0.1, 0.15) is 17.0 Å². The van der Waals surface area contributed by atoms with Crippen LogP contribution in [0.4, 0.5) is 11.4 Å². The van der Waals surface area contributed by atoms with Crippen LogP contribution in [0.5, 0.6) is 17.2 Å². The minimum atomic E-state index is 0.770. The van der Waals surface area contributed by atoms with Crippen LogP contribution < -0.4 is 14.4 Å². The third-order valence-electron chi connectivity index (χ3n) is 5.46. The molecule has 0 atom stereocenters. The molecular formula is C25H22N2O2. The average molecular weight is 382 g/mol. The van der Waals surface area contributed by atoms with E-state index in [-0.39, 0.29) is 0 Å². The Hall–Kier alpha value is -3.53. The molecule has 0 radical (unpaired) electrons. The molecule has 0 fully saturated rings. The van der Waals surface area contributed by atoms with Gasteiger partial charge in [-0.3, -0.25) is 0 Å². The van der Waals surface area contributed by atoms with Crippen molar-refractivity contribution in [3.05, 3.63) is 84.1 Å². The van der Waals surface area contributed by atoms with Crippen molar-refractivity contribution in [2.75, 3.05) is 18.6 Å². The number of fused-ring (bicyclic) bond motifs is 3. The number of methoxy groups -OCH3 is 1. The van der Waals surface area contributed by atoms with Gasteiger partial charge in [-0.15, -0.1) is 0 Å². The van der Waals surface area contributed by atoms with Crippen molar-refractivity contribution in [3.63, 3.8) is 0 Å². The summed E-state index contributed by atoms with van der Waals surface area (Å²) in [5.41, 5.74) is 5.51. The molecule has 3 aromatic carbocycles. The summed E-state index contributed by atoms with van der Waals surface area (Å²) in [5, 5.41) is 1.10. The fourth-order valence-corrected chi connectivity index (χ4v) is 4.13. The second-order valence-electron chi connectivity index (χ2n) is 7.17. The van der Waals surface area contributed by atoms with Crippen molar-refractivity contribution in [1.82, 2.24) is 4.98 Å². The monoisotopic (exact) mass is 382 g/mol. The standard InChI is InChI=1S/C25H22N2O2/c1-17-19-15-16-27(21-12-6-7-13-22(21)28-2)25(19)20-11-8-14-23(24(20)26-17)29-18-9-4-3-5-10-18/h3-14H,15-16H2,1-2H3. The van der Waals surface area contributed by atoms with E-state index in [1.165, 1.54) is 11.3 Å². The van der Waals surface area contributed by atoms with Gasteiger partial charge < -0.3 is 14.4 Å². The predicted octanol–water partition coefficient (Wildman–Crippen LogP) is 6.04. The molecule has 5 rings (SSSR count). The summed E-state index contributed by atoms with van der Waals surface area (Å²) >= 11 is 0. The van der Waals surface area contributed by atoms with E-state index in [9.17, 15) is 0 Å². The Labute approximate surface area is 170 Å². The number of aryl methyl sites for hydroxylation is 1. The summed E-state index contributed by atoms with van der Waals surface area (Å²) in [5.74, 6) is 2.45. The normalized spacial score (nSPS) is 12.8. The van der Waals surface area contributed by atoms with Crippen LogP contribution in [0.15, 0.2) is 72.8 Å². The number of rotatable bonds is 4. The molecule has 0 saturated carbocycles. The van der Waals surface area contributed by atoms with Gasteiger partial charge in [-0.1, -0.05) is 42.5 Å². The van der Waals surface area contributed by atoms with Crippen molar-refractivity contribution < 1.29 is 9.47 Å². The highest BCUT2D eigenvalue weighted by Crippen LogP contribution is 2.45. The number of para-hydroxylation sites is 4. The van der Waals surface area contributed by atoms with Gasteiger partial charge in [-0.05, 0) is 49.2 Å². The van der Waals surface area contributed by atoms with Crippen LogP contribution in [0.1, 0.15) is 11.3 Å². The zero-order valence-corrected chi connectivity index (χ0v) is 16.6. The molecule has 4 aromatic rings. The van der Waals surface area contributed by atoms with E-state index in [0.29, 0.717) is 0 Å². The molecule has 1 aliphatic heterocycles. The van der Waals surface area contributed by atoms with Gasteiger partial charge in [-0.2, -0.15) is 0 Å². The van der Waals surface area contributed by atoms with Crippen LogP contribution in [0.2, 0.25) is 0 Å². The van der Waals surface area contributed by atoms with Gasteiger partial charge in [0.2, 0.25) is 0 Å². The number of benzene rings is 3. The van der Waals surface area contributed by atoms with Gasteiger partial charge in [0.15, 0.2) is 5.75 Å². The van der Waals surface area contributed by atoms with E-state index in [2.05, 4.69) is 30.0 Å². The molecule has 144 valence electrons. The third-order valence-corrected chi connectivity index (χ3v) is 5.46. The molecule has 4 nitrogen and oxygen atoms in total. The summed E-state index contributed by atoms with van der Waals surface area (Å²) < 4.78 is 11.8. The predicted molar refractivity (Wildman–Crippen MR) is 117 cm³/mol. The lowest BCUT2D eigenvalue weighted by molar-refractivity contribution is 0.415. The molecule has 2 heterocycles. The van der Waals surface area contributed by atoms with Crippen molar-refractivity contribution in [2.24, 2.45) is 0 Å². The highest BCUT2D eigenvalue weighted by atomic mass is 16.5. The molecule has 0 bridgehead atoms. The summed E-state index contributed by atoms with van der Waals surface area (Å²) in [6.07, 6.45) is 0.964. The maximum atomic E-state index is 6.19. The number of nitrogens with zero attached hydrogens (tertiary/aromatic N) is 2. The zero-order chi connectivity index (χ0) is 19.8. The van der Waals surface area contributed by atoms with E-state index in [1.54, 1.807) is 7.11 Å². The molecule has 0 amide bonds. The van der Waals surface area contributed by atoms with Crippen molar-refractivity contribution in [2.45, 2.75) is 13.3 Å². The maximum absolute atomic E-state index is 6.19. The molecular weight excluding hydrogens is 360 g/mol. The number of anilines is 2.